The van der Waals surface area contributed by atoms with Crippen LogP contribution in [0.15, 0.2) is 64.4 Å². The molecule has 0 spiro atoms. The number of primary sulfonamides is 1. The summed E-state index contributed by atoms with van der Waals surface area (Å²) in [5.41, 5.74) is -3.65. The lowest BCUT2D eigenvalue weighted by molar-refractivity contribution is -0.0328. The molecule has 3 aromatic rings. The molecule has 0 fully saturated rings. The van der Waals surface area contributed by atoms with Gasteiger partial charge in [0.25, 0.3) is 0 Å². The average molecular weight is 443 g/mol. The molecule has 1 aromatic heterocycles. The van der Waals surface area contributed by atoms with Gasteiger partial charge in [-0.2, -0.15) is 18.3 Å². The first-order valence-corrected chi connectivity index (χ1v) is 10.1. The third kappa shape index (κ3) is 4.96. The van der Waals surface area contributed by atoms with Gasteiger partial charge in [-0.05, 0) is 54.2 Å². The van der Waals surface area contributed by atoms with E-state index >= 15 is 0 Å². The number of alkyl halides is 3. The maximum Gasteiger partial charge on any atom is 0.446 e. The number of rotatable bonds is 5. The normalized spacial score (nSPS) is 12.1. The van der Waals surface area contributed by atoms with Crippen LogP contribution in [0, 0.1) is 0 Å². The minimum absolute atomic E-state index is 0.0247. The number of aromatic nitrogens is 2. The molecule has 1 heterocycles. The van der Waals surface area contributed by atoms with Crippen LogP contribution in [0.2, 0.25) is 0 Å². The molecule has 0 saturated carbocycles. The zero-order chi connectivity index (χ0) is 21.4. The standard InChI is InChI=1S/C17H12F3N3O4S2/c18-17(19,20)28-12-5-1-10(2-6-12)15-9-14(16(24)25)22-23(15)11-3-7-13(8-4-11)29(21,26)27/h1-9H,(H,24,25)(H2,21,26,27). The molecule has 3 rings (SSSR count). The summed E-state index contributed by atoms with van der Waals surface area (Å²) < 4.78 is 61.5. The summed E-state index contributed by atoms with van der Waals surface area (Å²) in [6.07, 6.45) is 0. The summed E-state index contributed by atoms with van der Waals surface area (Å²) in [4.78, 5) is 11.2. The van der Waals surface area contributed by atoms with Crippen molar-refractivity contribution in [3.05, 3.63) is 60.3 Å². The van der Waals surface area contributed by atoms with E-state index < -0.39 is 21.5 Å². The van der Waals surface area contributed by atoms with Gasteiger partial charge < -0.3 is 5.11 Å². The lowest BCUT2D eigenvalue weighted by Gasteiger charge is -2.10. The summed E-state index contributed by atoms with van der Waals surface area (Å²) in [6, 6.07) is 11.8. The molecule has 29 heavy (non-hydrogen) atoms. The highest BCUT2D eigenvalue weighted by Crippen LogP contribution is 2.37. The lowest BCUT2D eigenvalue weighted by atomic mass is 10.1. The average Bonchev–Trinajstić information content (AvgIpc) is 3.06. The Bertz CT molecular complexity index is 1160. The van der Waals surface area contributed by atoms with E-state index in [1.807, 2.05) is 0 Å². The first-order chi connectivity index (χ1) is 13.4. The highest BCUT2D eigenvalue weighted by atomic mass is 32.2. The van der Waals surface area contributed by atoms with Gasteiger partial charge in [0, 0.05) is 10.5 Å². The molecule has 0 radical (unpaired) electrons. The van der Waals surface area contributed by atoms with Crippen LogP contribution in [0.4, 0.5) is 13.2 Å². The van der Waals surface area contributed by atoms with Gasteiger partial charge in [-0.1, -0.05) is 12.1 Å². The Morgan fingerprint density at radius 1 is 1.07 bits per heavy atom. The Morgan fingerprint density at radius 3 is 2.14 bits per heavy atom. The van der Waals surface area contributed by atoms with Crippen LogP contribution in [-0.4, -0.2) is 34.8 Å². The van der Waals surface area contributed by atoms with Crippen molar-refractivity contribution in [3.63, 3.8) is 0 Å². The molecule has 7 nitrogen and oxygen atoms in total. The number of benzene rings is 2. The van der Waals surface area contributed by atoms with Crippen molar-refractivity contribution in [2.75, 3.05) is 0 Å². The fraction of sp³-hybridized carbons (Fsp3) is 0.0588. The SMILES string of the molecule is NS(=O)(=O)c1ccc(-n2nc(C(=O)O)cc2-c2ccc(SC(F)(F)F)cc2)cc1. The number of carbonyl (C=O) groups is 1. The third-order valence-electron chi connectivity index (χ3n) is 3.72. The molecule has 0 aliphatic carbocycles. The highest BCUT2D eigenvalue weighted by molar-refractivity contribution is 8.00. The Labute approximate surface area is 167 Å². The molecule has 152 valence electrons. The number of aromatic carboxylic acids is 1. The maximum absolute atomic E-state index is 12.5. The molecular weight excluding hydrogens is 431 g/mol. The second-order valence-electron chi connectivity index (χ2n) is 5.74. The molecule has 0 unspecified atom stereocenters. The molecular formula is C17H12F3N3O4S2. The number of sulfonamides is 1. The van der Waals surface area contributed by atoms with E-state index in [2.05, 4.69) is 5.10 Å². The summed E-state index contributed by atoms with van der Waals surface area (Å²) in [5.74, 6) is -1.30. The van der Waals surface area contributed by atoms with E-state index in [0.717, 1.165) is 0 Å². The van der Waals surface area contributed by atoms with Crippen molar-refractivity contribution in [3.8, 4) is 16.9 Å². The van der Waals surface area contributed by atoms with E-state index in [9.17, 15) is 31.5 Å². The van der Waals surface area contributed by atoms with Gasteiger partial charge in [0.05, 0.1) is 16.3 Å². The van der Waals surface area contributed by atoms with Crippen molar-refractivity contribution in [2.45, 2.75) is 15.3 Å². The molecule has 0 saturated heterocycles. The maximum atomic E-state index is 12.5. The Morgan fingerprint density at radius 2 is 1.66 bits per heavy atom. The van der Waals surface area contributed by atoms with Crippen LogP contribution >= 0.6 is 11.8 Å². The smallest absolute Gasteiger partial charge is 0.446 e. The van der Waals surface area contributed by atoms with Gasteiger partial charge in [-0.15, -0.1) is 0 Å². The second-order valence-corrected chi connectivity index (χ2v) is 8.44. The first-order valence-electron chi connectivity index (χ1n) is 7.77. The highest BCUT2D eigenvalue weighted by Gasteiger charge is 2.29. The van der Waals surface area contributed by atoms with Crippen molar-refractivity contribution >= 4 is 27.8 Å². The molecule has 0 aliphatic rings. The van der Waals surface area contributed by atoms with E-state index in [-0.39, 0.29) is 27.2 Å². The molecule has 0 atom stereocenters. The van der Waals surface area contributed by atoms with Crippen LogP contribution in [-0.2, 0) is 10.0 Å². The van der Waals surface area contributed by atoms with Crippen molar-refractivity contribution in [1.29, 1.82) is 0 Å². The fourth-order valence-electron chi connectivity index (χ4n) is 2.49. The Balaban J connectivity index is 2.04. The molecule has 3 N–H and O–H groups in total. The zero-order valence-corrected chi connectivity index (χ0v) is 15.9. The van der Waals surface area contributed by atoms with Gasteiger partial charge >= 0.3 is 11.5 Å². The Hall–Kier alpha value is -2.83. The monoisotopic (exact) mass is 443 g/mol. The van der Waals surface area contributed by atoms with Crippen molar-refractivity contribution in [1.82, 2.24) is 9.78 Å². The quantitative estimate of drug-likeness (QED) is 0.583. The van der Waals surface area contributed by atoms with Crippen LogP contribution < -0.4 is 5.14 Å². The lowest BCUT2D eigenvalue weighted by Crippen LogP contribution is -2.12. The largest absolute Gasteiger partial charge is 0.476 e. The predicted molar refractivity (Wildman–Crippen MR) is 99.2 cm³/mol. The number of thioether (sulfide) groups is 1. The third-order valence-corrected chi connectivity index (χ3v) is 5.39. The van der Waals surface area contributed by atoms with Crippen LogP contribution in [0.25, 0.3) is 16.9 Å². The molecule has 0 aliphatic heterocycles. The van der Waals surface area contributed by atoms with E-state index in [0.29, 0.717) is 16.9 Å². The minimum Gasteiger partial charge on any atom is -0.476 e. The van der Waals surface area contributed by atoms with E-state index in [1.165, 1.54) is 59.3 Å². The first kappa shape index (κ1) is 20.9. The van der Waals surface area contributed by atoms with Crippen molar-refractivity contribution in [2.24, 2.45) is 5.14 Å². The summed E-state index contributed by atoms with van der Waals surface area (Å²) in [5, 5.41) is 18.3. The number of nitrogens with two attached hydrogens (primary N) is 1. The Kier molecular flexibility index (Phi) is 5.43. The van der Waals surface area contributed by atoms with Gasteiger partial charge in [0.2, 0.25) is 10.0 Å². The predicted octanol–water partition coefficient (Wildman–Crippen LogP) is 3.50. The number of hydrogen-bond acceptors (Lipinski definition) is 5. The van der Waals surface area contributed by atoms with Gasteiger partial charge in [-0.25, -0.2) is 23.0 Å². The van der Waals surface area contributed by atoms with Gasteiger partial charge in [0.15, 0.2) is 5.69 Å². The zero-order valence-electron chi connectivity index (χ0n) is 14.3. The number of nitrogens with zero attached hydrogens (tertiary/aromatic N) is 2. The molecule has 2 aromatic carbocycles. The number of carboxylic acid groups (broad SMARTS) is 1. The second kappa shape index (κ2) is 7.54. The fourth-order valence-corrected chi connectivity index (χ4v) is 3.55. The molecule has 12 heteroatoms. The number of halogens is 3. The number of hydrogen-bond donors (Lipinski definition) is 2. The molecule has 0 amide bonds. The van der Waals surface area contributed by atoms with E-state index in [1.54, 1.807) is 0 Å². The van der Waals surface area contributed by atoms with Gasteiger partial charge in [0.1, 0.15) is 0 Å². The van der Waals surface area contributed by atoms with Crippen molar-refractivity contribution < 1.29 is 31.5 Å². The molecule has 0 bridgehead atoms. The van der Waals surface area contributed by atoms with Crippen LogP contribution in [0.1, 0.15) is 10.5 Å². The summed E-state index contributed by atoms with van der Waals surface area (Å²) >= 11 is -0.266. The summed E-state index contributed by atoms with van der Waals surface area (Å²) in [6.45, 7) is 0. The summed E-state index contributed by atoms with van der Waals surface area (Å²) in [7, 11) is -3.91. The number of carboxylic acids is 1. The van der Waals surface area contributed by atoms with E-state index in [4.69, 9.17) is 5.14 Å². The van der Waals surface area contributed by atoms with Crippen LogP contribution in [0.3, 0.4) is 0 Å². The topological polar surface area (TPSA) is 115 Å². The minimum atomic E-state index is -4.43. The van der Waals surface area contributed by atoms with Crippen LogP contribution in [0.5, 0.6) is 0 Å². The van der Waals surface area contributed by atoms with Gasteiger partial charge in [-0.3, -0.25) is 0 Å².